The Kier molecular flexibility index (Phi) is 2.50. The van der Waals surface area contributed by atoms with Gasteiger partial charge in [0.25, 0.3) is 0 Å². The summed E-state index contributed by atoms with van der Waals surface area (Å²) in [5.74, 6) is 0. The molecular formula is C14H14N2S. The summed E-state index contributed by atoms with van der Waals surface area (Å²) < 4.78 is 0. The van der Waals surface area contributed by atoms with Crippen LogP contribution >= 0.6 is 11.3 Å². The van der Waals surface area contributed by atoms with Gasteiger partial charge in [0.15, 0.2) is 0 Å². The van der Waals surface area contributed by atoms with Gasteiger partial charge in [-0.15, -0.1) is 11.3 Å². The molecule has 0 bridgehead atoms. The molecule has 0 spiro atoms. The SMILES string of the molecule is Cc1scc(CN)c1-c1c[nH]c2ccccc12. The molecule has 0 aliphatic heterocycles. The maximum absolute atomic E-state index is 5.81. The molecule has 3 heteroatoms. The first kappa shape index (κ1) is 10.6. The first-order valence-corrected chi connectivity index (χ1v) is 6.52. The number of H-pyrrole nitrogens is 1. The molecule has 0 atom stereocenters. The molecule has 2 aromatic heterocycles. The zero-order chi connectivity index (χ0) is 11.8. The highest BCUT2D eigenvalue weighted by molar-refractivity contribution is 7.10. The second-order valence-electron chi connectivity index (χ2n) is 4.14. The number of fused-ring (bicyclic) bond motifs is 1. The van der Waals surface area contributed by atoms with Crippen LogP contribution in [0.4, 0.5) is 0 Å². The van der Waals surface area contributed by atoms with Gasteiger partial charge in [-0.05, 0) is 23.9 Å². The Morgan fingerprint density at radius 3 is 2.94 bits per heavy atom. The van der Waals surface area contributed by atoms with Crippen LogP contribution in [0.2, 0.25) is 0 Å². The Bertz CT molecular complexity index is 664. The van der Waals surface area contributed by atoms with Crippen molar-refractivity contribution in [2.45, 2.75) is 13.5 Å². The monoisotopic (exact) mass is 242 g/mol. The fourth-order valence-electron chi connectivity index (χ4n) is 2.29. The summed E-state index contributed by atoms with van der Waals surface area (Å²) >= 11 is 1.77. The normalized spacial score (nSPS) is 11.2. The van der Waals surface area contributed by atoms with Gasteiger partial charge >= 0.3 is 0 Å². The van der Waals surface area contributed by atoms with Gasteiger partial charge in [-0.3, -0.25) is 0 Å². The number of thiophene rings is 1. The number of nitrogens with two attached hydrogens (primary N) is 1. The van der Waals surface area contributed by atoms with Gasteiger partial charge < -0.3 is 10.7 Å². The third-order valence-corrected chi connectivity index (χ3v) is 4.09. The average Bonchev–Trinajstić information content (AvgIpc) is 2.92. The van der Waals surface area contributed by atoms with E-state index in [2.05, 4.69) is 41.7 Å². The van der Waals surface area contributed by atoms with E-state index in [0.717, 1.165) is 0 Å². The molecule has 2 heterocycles. The van der Waals surface area contributed by atoms with Crippen molar-refractivity contribution in [3.8, 4) is 11.1 Å². The van der Waals surface area contributed by atoms with Crippen LogP contribution in [0.3, 0.4) is 0 Å². The lowest BCUT2D eigenvalue weighted by atomic mass is 10.0. The van der Waals surface area contributed by atoms with Gasteiger partial charge in [-0.1, -0.05) is 18.2 Å². The van der Waals surface area contributed by atoms with Crippen LogP contribution in [0.15, 0.2) is 35.8 Å². The summed E-state index contributed by atoms with van der Waals surface area (Å²) in [5, 5.41) is 3.43. The predicted octanol–water partition coefficient (Wildman–Crippen LogP) is 3.66. The van der Waals surface area contributed by atoms with Crippen molar-refractivity contribution in [1.82, 2.24) is 4.98 Å². The van der Waals surface area contributed by atoms with Gasteiger partial charge in [0, 0.05) is 39.6 Å². The summed E-state index contributed by atoms with van der Waals surface area (Å²) in [5.41, 5.74) is 10.8. The largest absolute Gasteiger partial charge is 0.361 e. The molecule has 0 saturated carbocycles. The van der Waals surface area contributed by atoms with E-state index in [1.807, 2.05) is 6.07 Å². The Hall–Kier alpha value is -1.58. The molecule has 0 radical (unpaired) electrons. The molecule has 0 amide bonds. The van der Waals surface area contributed by atoms with Crippen molar-refractivity contribution in [3.05, 3.63) is 46.3 Å². The second-order valence-corrected chi connectivity index (χ2v) is 5.23. The predicted molar refractivity (Wildman–Crippen MR) is 74.2 cm³/mol. The number of hydrogen-bond acceptors (Lipinski definition) is 2. The lowest BCUT2D eigenvalue weighted by Crippen LogP contribution is -1.96. The third-order valence-electron chi connectivity index (χ3n) is 3.13. The Morgan fingerprint density at radius 2 is 2.12 bits per heavy atom. The number of aryl methyl sites for hydroxylation is 1. The van der Waals surface area contributed by atoms with E-state index in [1.165, 1.54) is 32.5 Å². The van der Waals surface area contributed by atoms with Gasteiger partial charge in [0.1, 0.15) is 0 Å². The van der Waals surface area contributed by atoms with E-state index in [-0.39, 0.29) is 0 Å². The first-order chi connectivity index (χ1) is 8.31. The highest BCUT2D eigenvalue weighted by atomic mass is 32.1. The average molecular weight is 242 g/mol. The molecule has 0 aliphatic carbocycles. The van der Waals surface area contributed by atoms with Gasteiger partial charge in [0.05, 0.1) is 0 Å². The minimum Gasteiger partial charge on any atom is -0.361 e. The zero-order valence-electron chi connectivity index (χ0n) is 9.66. The van der Waals surface area contributed by atoms with Crippen LogP contribution in [0.5, 0.6) is 0 Å². The number of aromatic nitrogens is 1. The lowest BCUT2D eigenvalue weighted by Gasteiger charge is -2.02. The smallest absolute Gasteiger partial charge is 0.0460 e. The van der Waals surface area contributed by atoms with Gasteiger partial charge in [-0.25, -0.2) is 0 Å². The summed E-state index contributed by atoms with van der Waals surface area (Å²) in [4.78, 5) is 4.65. The van der Waals surface area contributed by atoms with Crippen molar-refractivity contribution in [1.29, 1.82) is 0 Å². The molecule has 3 aromatic rings. The van der Waals surface area contributed by atoms with E-state index in [4.69, 9.17) is 5.73 Å². The van der Waals surface area contributed by atoms with Crippen LogP contribution in [0, 0.1) is 6.92 Å². The maximum Gasteiger partial charge on any atom is 0.0460 e. The van der Waals surface area contributed by atoms with E-state index >= 15 is 0 Å². The fraction of sp³-hybridized carbons (Fsp3) is 0.143. The Balaban J connectivity index is 2.30. The molecule has 0 fully saturated rings. The van der Waals surface area contributed by atoms with E-state index in [1.54, 1.807) is 11.3 Å². The van der Waals surface area contributed by atoms with Crippen LogP contribution in [0.25, 0.3) is 22.0 Å². The molecule has 0 unspecified atom stereocenters. The standard InChI is InChI=1S/C14H14N2S/c1-9-14(10(6-15)8-17-9)12-7-16-13-5-3-2-4-11(12)13/h2-5,7-8,16H,6,15H2,1H3. The number of nitrogens with one attached hydrogen (secondary N) is 1. The molecule has 2 nitrogen and oxygen atoms in total. The highest BCUT2D eigenvalue weighted by Crippen LogP contribution is 2.36. The molecular weight excluding hydrogens is 228 g/mol. The van der Waals surface area contributed by atoms with E-state index in [9.17, 15) is 0 Å². The Morgan fingerprint density at radius 1 is 1.29 bits per heavy atom. The number of para-hydroxylation sites is 1. The molecule has 17 heavy (non-hydrogen) atoms. The Labute approximate surface area is 104 Å². The molecule has 0 aliphatic rings. The number of rotatable bonds is 2. The summed E-state index contributed by atoms with van der Waals surface area (Å²) in [6.45, 7) is 2.75. The zero-order valence-corrected chi connectivity index (χ0v) is 10.5. The van der Waals surface area contributed by atoms with Crippen LogP contribution < -0.4 is 5.73 Å². The lowest BCUT2D eigenvalue weighted by molar-refractivity contribution is 1.08. The van der Waals surface area contributed by atoms with E-state index < -0.39 is 0 Å². The van der Waals surface area contributed by atoms with Crippen LogP contribution in [0.1, 0.15) is 10.4 Å². The summed E-state index contributed by atoms with van der Waals surface area (Å²) in [7, 11) is 0. The third kappa shape index (κ3) is 1.59. The first-order valence-electron chi connectivity index (χ1n) is 5.65. The maximum atomic E-state index is 5.81. The number of benzene rings is 1. The minimum absolute atomic E-state index is 0.596. The molecule has 0 saturated heterocycles. The highest BCUT2D eigenvalue weighted by Gasteiger charge is 2.13. The quantitative estimate of drug-likeness (QED) is 0.707. The number of aromatic amines is 1. The molecule has 86 valence electrons. The van der Waals surface area contributed by atoms with Crippen LogP contribution in [-0.2, 0) is 6.54 Å². The summed E-state index contributed by atoms with van der Waals surface area (Å²) in [6, 6.07) is 8.37. The van der Waals surface area contributed by atoms with Crippen molar-refractivity contribution in [3.63, 3.8) is 0 Å². The second kappa shape index (κ2) is 4.02. The van der Waals surface area contributed by atoms with Crippen LogP contribution in [-0.4, -0.2) is 4.98 Å². The van der Waals surface area contributed by atoms with Crippen molar-refractivity contribution in [2.75, 3.05) is 0 Å². The number of hydrogen-bond donors (Lipinski definition) is 2. The van der Waals surface area contributed by atoms with E-state index in [0.29, 0.717) is 6.54 Å². The fourth-order valence-corrected chi connectivity index (χ4v) is 3.19. The summed E-state index contributed by atoms with van der Waals surface area (Å²) in [6.07, 6.45) is 2.08. The van der Waals surface area contributed by atoms with Crippen molar-refractivity contribution in [2.24, 2.45) is 5.73 Å². The molecule has 1 aromatic carbocycles. The van der Waals surface area contributed by atoms with Gasteiger partial charge in [0.2, 0.25) is 0 Å². The minimum atomic E-state index is 0.596. The van der Waals surface area contributed by atoms with Crippen molar-refractivity contribution >= 4 is 22.2 Å². The molecule has 3 rings (SSSR count). The molecule has 3 N–H and O–H groups in total. The topological polar surface area (TPSA) is 41.8 Å². The van der Waals surface area contributed by atoms with Gasteiger partial charge in [-0.2, -0.15) is 0 Å². The van der Waals surface area contributed by atoms with Crippen molar-refractivity contribution < 1.29 is 0 Å².